The number of rotatable bonds is 9. The molecule has 1 aromatic heterocycles. The summed E-state index contributed by atoms with van der Waals surface area (Å²) in [4.78, 5) is 2.60. The van der Waals surface area contributed by atoms with Gasteiger partial charge < -0.3 is 5.32 Å². The van der Waals surface area contributed by atoms with Crippen molar-refractivity contribution in [2.45, 2.75) is 65.1 Å². The molecule has 1 atom stereocenters. The molecular formula is C16H30N4. The van der Waals surface area contributed by atoms with Gasteiger partial charge in [0.15, 0.2) is 0 Å². The molecule has 4 nitrogen and oxygen atoms in total. The van der Waals surface area contributed by atoms with Crippen molar-refractivity contribution in [2.24, 2.45) is 0 Å². The van der Waals surface area contributed by atoms with Crippen LogP contribution in [0.1, 0.15) is 51.5 Å². The van der Waals surface area contributed by atoms with Crippen LogP contribution in [0.25, 0.3) is 0 Å². The molecule has 1 N–H and O–H groups in total. The standard InChI is InChI=1S/C16H30N4/c1-3-5-10-19(14-16-7-6-8-17-16)12-15-11-18-20(13-15)9-4-2/h11,13,16-17H,3-10,12,14H2,1-2H3. The van der Waals surface area contributed by atoms with E-state index in [4.69, 9.17) is 0 Å². The highest BCUT2D eigenvalue weighted by molar-refractivity contribution is 5.03. The van der Waals surface area contributed by atoms with Crippen molar-refractivity contribution >= 4 is 0 Å². The molecule has 4 heteroatoms. The first-order valence-corrected chi connectivity index (χ1v) is 8.29. The van der Waals surface area contributed by atoms with Crippen molar-refractivity contribution in [2.75, 3.05) is 19.6 Å². The van der Waals surface area contributed by atoms with Crippen LogP contribution in [0.4, 0.5) is 0 Å². The van der Waals surface area contributed by atoms with Gasteiger partial charge in [0.2, 0.25) is 0 Å². The van der Waals surface area contributed by atoms with E-state index in [1.165, 1.54) is 50.9 Å². The zero-order chi connectivity index (χ0) is 14.2. The minimum Gasteiger partial charge on any atom is -0.313 e. The van der Waals surface area contributed by atoms with E-state index in [1.54, 1.807) is 0 Å². The van der Waals surface area contributed by atoms with Crippen LogP contribution in [0.3, 0.4) is 0 Å². The number of nitrogens with one attached hydrogen (secondary N) is 1. The molecule has 1 unspecified atom stereocenters. The molecule has 1 aliphatic rings. The lowest BCUT2D eigenvalue weighted by atomic mass is 10.2. The number of aromatic nitrogens is 2. The van der Waals surface area contributed by atoms with Gasteiger partial charge in [-0.25, -0.2) is 0 Å². The second-order valence-electron chi connectivity index (χ2n) is 5.99. The molecule has 1 aromatic rings. The fourth-order valence-electron chi connectivity index (χ4n) is 2.94. The monoisotopic (exact) mass is 278 g/mol. The van der Waals surface area contributed by atoms with Crippen LogP contribution < -0.4 is 5.32 Å². The third-order valence-corrected chi connectivity index (χ3v) is 4.01. The zero-order valence-electron chi connectivity index (χ0n) is 13.1. The third-order valence-electron chi connectivity index (χ3n) is 4.01. The minimum absolute atomic E-state index is 0.692. The smallest absolute Gasteiger partial charge is 0.0534 e. The molecule has 0 saturated carbocycles. The Bertz CT molecular complexity index is 368. The van der Waals surface area contributed by atoms with E-state index in [2.05, 4.69) is 40.0 Å². The second-order valence-corrected chi connectivity index (χ2v) is 5.99. The van der Waals surface area contributed by atoms with Gasteiger partial charge in [0.25, 0.3) is 0 Å². The number of unbranched alkanes of at least 4 members (excludes halogenated alkanes) is 1. The molecule has 0 bridgehead atoms. The molecular weight excluding hydrogens is 248 g/mol. The summed E-state index contributed by atoms with van der Waals surface area (Å²) in [5.41, 5.74) is 1.35. The molecule has 0 amide bonds. The number of hydrogen-bond donors (Lipinski definition) is 1. The Balaban J connectivity index is 1.87. The topological polar surface area (TPSA) is 33.1 Å². The molecule has 0 spiro atoms. The predicted molar refractivity (Wildman–Crippen MR) is 83.7 cm³/mol. The van der Waals surface area contributed by atoms with Crippen LogP contribution in [0.15, 0.2) is 12.4 Å². The zero-order valence-corrected chi connectivity index (χ0v) is 13.1. The van der Waals surface area contributed by atoms with Crippen molar-refractivity contribution in [3.8, 4) is 0 Å². The van der Waals surface area contributed by atoms with E-state index >= 15 is 0 Å². The quantitative estimate of drug-likeness (QED) is 0.754. The molecule has 2 rings (SSSR count). The Morgan fingerprint density at radius 1 is 1.40 bits per heavy atom. The molecule has 0 radical (unpaired) electrons. The summed E-state index contributed by atoms with van der Waals surface area (Å²) in [5, 5.41) is 8.06. The Morgan fingerprint density at radius 3 is 3.00 bits per heavy atom. The van der Waals surface area contributed by atoms with E-state index in [0.717, 1.165) is 19.5 Å². The average Bonchev–Trinajstić information content (AvgIpc) is 3.09. The van der Waals surface area contributed by atoms with Gasteiger partial charge in [0.05, 0.1) is 6.20 Å². The largest absolute Gasteiger partial charge is 0.313 e. The van der Waals surface area contributed by atoms with Crippen LogP contribution >= 0.6 is 0 Å². The lowest BCUT2D eigenvalue weighted by molar-refractivity contribution is 0.237. The Morgan fingerprint density at radius 2 is 2.30 bits per heavy atom. The normalized spacial score (nSPS) is 19.1. The summed E-state index contributed by atoms with van der Waals surface area (Å²) in [5.74, 6) is 0. The maximum Gasteiger partial charge on any atom is 0.0534 e. The third kappa shape index (κ3) is 4.91. The summed E-state index contributed by atoms with van der Waals surface area (Å²) >= 11 is 0. The van der Waals surface area contributed by atoms with E-state index in [0.29, 0.717) is 6.04 Å². The fourth-order valence-corrected chi connectivity index (χ4v) is 2.94. The fraction of sp³-hybridized carbons (Fsp3) is 0.812. The van der Waals surface area contributed by atoms with E-state index in [9.17, 15) is 0 Å². The first-order chi connectivity index (χ1) is 9.81. The molecule has 114 valence electrons. The minimum atomic E-state index is 0.692. The van der Waals surface area contributed by atoms with Crippen molar-refractivity contribution in [3.05, 3.63) is 18.0 Å². The van der Waals surface area contributed by atoms with Crippen molar-refractivity contribution in [3.63, 3.8) is 0 Å². The molecule has 0 aromatic carbocycles. The van der Waals surface area contributed by atoms with Crippen LogP contribution in [-0.4, -0.2) is 40.4 Å². The van der Waals surface area contributed by atoms with Gasteiger partial charge in [0.1, 0.15) is 0 Å². The maximum absolute atomic E-state index is 4.45. The molecule has 1 aliphatic heterocycles. The Hall–Kier alpha value is -0.870. The predicted octanol–water partition coefficient (Wildman–Crippen LogP) is 2.65. The second kappa shape index (κ2) is 8.42. The van der Waals surface area contributed by atoms with Crippen LogP contribution in [-0.2, 0) is 13.1 Å². The summed E-state index contributed by atoms with van der Waals surface area (Å²) in [6.45, 7) is 10.1. The van der Waals surface area contributed by atoms with Gasteiger partial charge in [-0.15, -0.1) is 0 Å². The van der Waals surface area contributed by atoms with Gasteiger partial charge in [-0.1, -0.05) is 20.3 Å². The SMILES string of the molecule is CCCCN(Cc1cnn(CCC)c1)CC1CCCN1. The molecule has 20 heavy (non-hydrogen) atoms. The van der Waals surface area contributed by atoms with Crippen molar-refractivity contribution in [1.29, 1.82) is 0 Å². The maximum atomic E-state index is 4.45. The Labute approximate surface area is 123 Å². The first kappa shape index (κ1) is 15.5. The molecule has 0 aliphatic carbocycles. The van der Waals surface area contributed by atoms with Crippen molar-refractivity contribution < 1.29 is 0 Å². The van der Waals surface area contributed by atoms with Gasteiger partial charge in [-0.2, -0.15) is 5.10 Å². The average molecular weight is 278 g/mol. The highest BCUT2D eigenvalue weighted by Gasteiger charge is 2.18. The molecule has 1 fully saturated rings. The number of hydrogen-bond acceptors (Lipinski definition) is 3. The molecule has 2 heterocycles. The van der Waals surface area contributed by atoms with Gasteiger partial charge in [0, 0.05) is 37.4 Å². The van der Waals surface area contributed by atoms with Crippen molar-refractivity contribution in [1.82, 2.24) is 20.0 Å². The number of nitrogens with zero attached hydrogens (tertiary/aromatic N) is 3. The summed E-state index contributed by atoms with van der Waals surface area (Å²) in [6, 6.07) is 0.692. The van der Waals surface area contributed by atoms with Gasteiger partial charge in [-0.05, 0) is 38.8 Å². The summed E-state index contributed by atoms with van der Waals surface area (Å²) in [7, 11) is 0. The highest BCUT2D eigenvalue weighted by Crippen LogP contribution is 2.11. The van der Waals surface area contributed by atoms with E-state index in [1.807, 2.05) is 6.20 Å². The van der Waals surface area contributed by atoms with Gasteiger partial charge >= 0.3 is 0 Å². The molecule has 1 saturated heterocycles. The number of aryl methyl sites for hydroxylation is 1. The Kier molecular flexibility index (Phi) is 6.54. The van der Waals surface area contributed by atoms with Gasteiger partial charge in [-0.3, -0.25) is 9.58 Å². The van der Waals surface area contributed by atoms with Crippen LogP contribution in [0, 0.1) is 0 Å². The lowest BCUT2D eigenvalue weighted by Crippen LogP contribution is -2.37. The van der Waals surface area contributed by atoms with Crippen LogP contribution in [0.2, 0.25) is 0 Å². The highest BCUT2D eigenvalue weighted by atomic mass is 15.3. The summed E-state index contributed by atoms with van der Waals surface area (Å²) < 4.78 is 2.07. The van der Waals surface area contributed by atoms with E-state index in [-0.39, 0.29) is 0 Å². The first-order valence-electron chi connectivity index (χ1n) is 8.29. The van der Waals surface area contributed by atoms with Crippen LogP contribution in [0.5, 0.6) is 0 Å². The summed E-state index contributed by atoms with van der Waals surface area (Å²) in [6.07, 6.45) is 10.6. The lowest BCUT2D eigenvalue weighted by Gasteiger charge is -2.25. The van der Waals surface area contributed by atoms with E-state index < -0.39 is 0 Å².